The largest absolute Gasteiger partial charge is 0.366 e. The normalized spacial score (nSPS) is 8.65. The molecule has 0 radical (unpaired) electrons. The van der Waals surface area contributed by atoms with Crippen molar-refractivity contribution in [3.05, 3.63) is 28.2 Å². The topological polar surface area (TPSA) is 115 Å². The Labute approximate surface area is 105 Å². The fourth-order valence-electron chi connectivity index (χ4n) is 0.979. The summed E-state index contributed by atoms with van der Waals surface area (Å²) in [6.45, 7) is 0. The zero-order valence-corrected chi connectivity index (χ0v) is 10.0. The van der Waals surface area contributed by atoms with Crippen molar-refractivity contribution in [2.75, 3.05) is 5.43 Å². The molecule has 0 heterocycles. The van der Waals surface area contributed by atoms with Gasteiger partial charge in [0.25, 0.3) is 0 Å². The van der Waals surface area contributed by atoms with Crippen LogP contribution in [0.3, 0.4) is 0 Å². The molecular formula is C10H6BrN5O. The van der Waals surface area contributed by atoms with Crippen molar-refractivity contribution >= 4 is 33.2 Å². The van der Waals surface area contributed by atoms with Crippen LogP contribution < -0.4 is 11.2 Å². The standard InChI is InChI=1S/C10H6BrN5O/c11-9-2-1-6(3-8(9)10(14)17)15-16-7(4-12)5-13/h1-3,15H,(H2,14,17). The van der Waals surface area contributed by atoms with E-state index in [9.17, 15) is 4.79 Å². The average molecular weight is 292 g/mol. The van der Waals surface area contributed by atoms with Gasteiger partial charge >= 0.3 is 0 Å². The summed E-state index contributed by atoms with van der Waals surface area (Å²) in [7, 11) is 0. The van der Waals surface area contributed by atoms with Gasteiger partial charge in [0.2, 0.25) is 11.6 Å². The molecule has 0 aliphatic rings. The quantitative estimate of drug-likeness (QED) is 0.646. The summed E-state index contributed by atoms with van der Waals surface area (Å²) < 4.78 is 0.556. The van der Waals surface area contributed by atoms with Gasteiger partial charge in [0.1, 0.15) is 12.1 Å². The van der Waals surface area contributed by atoms with Gasteiger partial charge in [-0.05, 0) is 34.1 Å². The molecule has 1 amide bonds. The monoisotopic (exact) mass is 291 g/mol. The second kappa shape index (κ2) is 5.64. The first kappa shape index (κ1) is 12.7. The molecule has 6 nitrogen and oxygen atoms in total. The van der Waals surface area contributed by atoms with Crippen molar-refractivity contribution in [2.24, 2.45) is 10.8 Å². The molecule has 0 fully saturated rings. The molecule has 0 aromatic heterocycles. The van der Waals surface area contributed by atoms with Crippen molar-refractivity contribution in [1.82, 2.24) is 0 Å². The number of halogens is 1. The van der Waals surface area contributed by atoms with E-state index in [1.165, 1.54) is 6.07 Å². The molecule has 0 saturated heterocycles. The number of nitrogens with zero attached hydrogens (tertiary/aromatic N) is 3. The highest BCUT2D eigenvalue weighted by molar-refractivity contribution is 9.10. The van der Waals surface area contributed by atoms with Crippen LogP contribution in [0.5, 0.6) is 0 Å². The lowest BCUT2D eigenvalue weighted by atomic mass is 10.2. The lowest BCUT2D eigenvalue weighted by Crippen LogP contribution is -2.12. The first-order valence-electron chi connectivity index (χ1n) is 4.31. The number of benzene rings is 1. The molecule has 1 aromatic carbocycles. The van der Waals surface area contributed by atoms with E-state index in [-0.39, 0.29) is 11.3 Å². The number of amides is 1. The first-order valence-corrected chi connectivity index (χ1v) is 5.11. The maximum atomic E-state index is 11.0. The lowest BCUT2D eigenvalue weighted by Gasteiger charge is -2.04. The maximum absolute atomic E-state index is 11.0. The molecule has 17 heavy (non-hydrogen) atoms. The van der Waals surface area contributed by atoms with Gasteiger partial charge in [-0.1, -0.05) is 0 Å². The molecule has 3 N–H and O–H groups in total. The van der Waals surface area contributed by atoms with E-state index < -0.39 is 5.91 Å². The van der Waals surface area contributed by atoms with E-state index in [2.05, 4.69) is 26.5 Å². The number of hydrazone groups is 1. The summed E-state index contributed by atoms with van der Waals surface area (Å²) in [5.41, 5.74) is 8.05. The molecule has 0 unspecified atom stereocenters. The molecular weight excluding hydrogens is 286 g/mol. The molecule has 0 spiro atoms. The summed E-state index contributed by atoms with van der Waals surface area (Å²) in [6, 6.07) is 7.88. The number of nitrogens with two attached hydrogens (primary N) is 1. The molecule has 0 saturated carbocycles. The number of hydrogen-bond acceptors (Lipinski definition) is 5. The Bertz CT molecular complexity index is 551. The zero-order valence-electron chi connectivity index (χ0n) is 8.44. The number of carbonyl (C=O) groups is 1. The summed E-state index contributed by atoms with van der Waals surface area (Å²) in [4.78, 5) is 11.0. The molecule has 0 bridgehead atoms. The zero-order chi connectivity index (χ0) is 12.8. The van der Waals surface area contributed by atoms with Gasteiger partial charge in [0.05, 0.1) is 11.3 Å². The molecule has 0 aliphatic carbocycles. The molecule has 0 aliphatic heterocycles. The maximum Gasteiger partial charge on any atom is 0.249 e. The number of carbonyl (C=O) groups excluding carboxylic acids is 1. The minimum absolute atomic E-state index is 0.278. The summed E-state index contributed by atoms with van der Waals surface area (Å²) in [5, 5.41) is 20.5. The average Bonchev–Trinajstić information content (AvgIpc) is 2.32. The van der Waals surface area contributed by atoms with Gasteiger partial charge in [0, 0.05) is 4.47 Å². The molecule has 0 atom stereocenters. The Hall–Kier alpha value is -2.38. The highest BCUT2D eigenvalue weighted by Gasteiger charge is 2.06. The summed E-state index contributed by atoms with van der Waals surface area (Å²) in [5.74, 6) is -0.592. The third-order valence-electron chi connectivity index (χ3n) is 1.74. The highest BCUT2D eigenvalue weighted by Crippen LogP contribution is 2.20. The highest BCUT2D eigenvalue weighted by atomic mass is 79.9. The predicted octanol–water partition coefficient (Wildman–Crippen LogP) is 1.36. The Morgan fingerprint density at radius 2 is 2.06 bits per heavy atom. The van der Waals surface area contributed by atoms with Crippen molar-refractivity contribution in [2.45, 2.75) is 0 Å². The van der Waals surface area contributed by atoms with Crippen LogP contribution >= 0.6 is 15.9 Å². The lowest BCUT2D eigenvalue weighted by molar-refractivity contribution is 0.0999. The Morgan fingerprint density at radius 1 is 1.41 bits per heavy atom. The third-order valence-corrected chi connectivity index (χ3v) is 2.43. The molecule has 1 aromatic rings. The minimum Gasteiger partial charge on any atom is -0.366 e. The summed E-state index contributed by atoms with van der Waals surface area (Å²) >= 11 is 3.17. The number of hydrogen-bond donors (Lipinski definition) is 2. The van der Waals surface area contributed by atoms with E-state index in [0.29, 0.717) is 10.2 Å². The van der Waals surface area contributed by atoms with Crippen LogP contribution in [0.1, 0.15) is 10.4 Å². The van der Waals surface area contributed by atoms with E-state index >= 15 is 0 Å². The van der Waals surface area contributed by atoms with Crippen molar-refractivity contribution in [3.8, 4) is 12.1 Å². The fourth-order valence-corrected chi connectivity index (χ4v) is 1.42. The third kappa shape index (κ3) is 3.30. The van der Waals surface area contributed by atoms with Crippen LogP contribution in [0.4, 0.5) is 5.69 Å². The van der Waals surface area contributed by atoms with Crippen LogP contribution in [0.2, 0.25) is 0 Å². The van der Waals surface area contributed by atoms with Crippen LogP contribution in [0.25, 0.3) is 0 Å². The number of anilines is 1. The first-order chi connectivity index (χ1) is 8.08. The Kier molecular flexibility index (Phi) is 4.21. The second-order valence-electron chi connectivity index (χ2n) is 2.85. The van der Waals surface area contributed by atoms with Gasteiger partial charge in [-0.15, -0.1) is 0 Å². The molecule has 7 heteroatoms. The number of primary amides is 1. The van der Waals surface area contributed by atoms with E-state index in [0.717, 1.165) is 0 Å². The van der Waals surface area contributed by atoms with Crippen LogP contribution in [-0.4, -0.2) is 11.6 Å². The number of nitrogens with one attached hydrogen (secondary N) is 1. The van der Waals surface area contributed by atoms with Crippen molar-refractivity contribution < 1.29 is 4.79 Å². The van der Waals surface area contributed by atoms with Gasteiger partial charge < -0.3 is 5.73 Å². The van der Waals surface area contributed by atoms with Crippen molar-refractivity contribution in [1.29, 1.82) is 10.5 Å². The van der Waals surface area contributed by atoms with Gasteiger partial charge in [-0.3, -0.25) is 10.2 Å². The van der Waals surface area contributed by atoms with Crippen molar-refractivity contribution in [3.63, 3.8) is 0 Å². The van der Waals surface area contributed by atoms with E-state index in [1.54, 1.807) is 24.3 Å². The second-order valence-corrected chi connectivity index (χ2v) is 3.71. The predicted molar refractivity (Wildman–Crippen MR) is 64.9 cm³/mol. The van der Waals surface area contributed by atoms with Crippen LogP contribution in [-0.2, 0) is 0 Å². The van der Waals surface area contributed by atoms with Crippen LogP contribution in [0.15, 0.2) is 27.8 Å². The minimum atomic E-state index is -0.592. The number of rotatable bonds is 3. The van der Waals surface area contributed by atoms with Crippen LogP contribution in [0, 0.1) is 22.7 Å². The fraction of sp³-hybridized carbons (Fsp3) is 0. The van der Waals surface area contributed by atoms with E-state index in [1.807, 2.05) is 0 Å². The molecule has 1 rings (SSSR count). The molecule has 84 valence electrons. The SMILES string of the molecule is N#CC(C#N)=NNc1ccc(Br)c(C(N)=O)c1. The van der Waals surface area contributed by atoms with Gasteiger partial charge in [-0.25, -0.2) is 0 Å². The summed E-state index contributed by atoms with van der Waals surface area (Å²) in [6.07, 6.45) is 0. The number of nitriles is 2. The van der Waals surface area contributed by atoms with E-state index in [4.69, 9.17) is 16.3 Å². The smallest absolute Gasteiger partial charge is 0.249 e. The Balaban J connectivity index is 3.00. The van der Waals surface area contributed by atoms with Gasteiger partial charge in [-0.2, -0.15) is 15.6 Å². The van der Waals surface area contributed by atoms with Gasteiger partial charge in [0.15, 0.2) is 0 Å². The Morgan fingerprint density at radius 3 is 2.59 bits per heavy atom.